The molecule has 100 valence electrons. The molecule has 0 amide bonds. The van der Waals surface area contributed by atoms with Crippen molar-refractivity contribution in [1.82, 2.24) is 0 Å². The monoisotopic (exact) mass is 257 g/mol. The maximum atomic E-state index is 6.03. The fraction of sp³-hybridized carbons (Fsp3) is 0.250. The van der Waals surface area contributed by atoms with E-state index in [2.05, 4.69) is 13.0 Å². The summed E-state index contributed by atoms with van der Waals surface area (Å²) in [7, 11) is 1.60. The lowest BCUT2D eigenvalue weighted by molar-refractivity contribution is 0.411. The molecule has 2 rings (SSSR count). The second kappa shape index (κ2) is 5.22. The van der Waals surface area contributed by atoms with E-state index in [1.54, 1.807) is 7.11 Å². The second-order valence-corrected chi connectivity index (χ2v) is 4.63. The zero-order valence-corrected chi connectivity index (χ0v) is 11.8. The van der Waals surface area contributed by atoms with Crippen molar-refractivity contribution in [2.24, 2.45) is 0 Å². The van der Waals surface area contributed by atoms with Crippen LogP contribution in [0.15, 0.2) is 30.3 Å². The molecule has 0 spiro atoms. The third-order valence-electron chi connectivity index (χ3n) is 3.33. The average Bonchev–Trinajstić information content (AvgIpc) is 2.41. The highest BCUT2D eigenvalue weighted by Gasteiger charge is 2.11. The van der Waals surface area contributed by atoms with Gasteiger partial charge in [-0.25, -0.2) is 0 Å². The first-order valence-corrected chi connectivity index (χ1v) is 6.21. The van der Waals surface area contributed by atoms with Crippen LogP contribution in [0.5, 0.6) is 17.2 Å². The molecule has 0 saturated carbocycles. The van der Waals surface area contributed by atoms with Gasteiger partial charge in [0, 0.05) is 0 Å². The van der Waals surface area contributed by atoms with Gasteiger partial charge in [-0.3, -0.25) is 0 Å². The van der Waals surface area contributed by atoms with E-state index in [9.17, 15) is 0 Å². The number of benzene rings is 2. The molecular weight excluding hydrogens is 238 g/mol. The Morgan fingerprint density at radius 2 is 1.53 bits per heavy atom. The zero-order valence-electron chi connectivity index (χ0n) is 11.8. The summed E-state index contributed by atoms with van der Waals surface area (Å²) in [4.78, 5) is 0. The molecule has 0 aliphatic rings. The number of ether oxygens (including phenoxy) is 2. The summed E-state index contributed by atoms with van der Waals surface area (Å²) in [6.07, 6.45) is 0. The van der Waals surface area contributed by atoms with Crippen LogP contribution < -0.4 is 15.2 Å². The van der Waals surface area contributed by atoms with Crippen molar-refractivity contribution in [3.05, 3.63) is 47.0 Å². The third-order valence-corrected chi connectivity index (χ3v) is 3.33. The van der Waals surface area contributed by atoms with Gasteiger partial charge >= 0.3 is 0 Å². The van der Waals surface area contributed by atoms with Gasteiger partial charge in [0.1, 0.15) is 17.2 Å². The first kappa shape index (κ1) is 13.3. The third kappa shape index (κ3) is 2.50. The molecule has 0 atom stereocenters. The molecule has 0 bridgehead atoms. The average molecular weight is 257 g/mol. The Hall–Kier alpha value is -2.16. The zero-order chi connectivity index (χ0) is 14.0. The highest BCUT2D eigenvalue weighted by Crippen LogP contribution is 2.37. The molecule has 0 fully saturated rings. The van der Waals surface area contributed by atoms with Crippen LogP contribution in [0.4, 0.5) is 5.69 Å². The Balaban J connectivity index is 2.45. The summed E-state index contributed by atoms with van der Waals surface area (Å²) in [6, 6.07) is 9.67. The molecule has 0 aliphatic heterocycles. The van der Waals surface area contributed by atoms with Gasteiger partial charge in [-0.05, 0) is 49.6 Å². The molecule has 3 nitrogen and oxygen atoms in total. The van der Waals surface area contributed by atoms with Gasteiger partial charge in [0.2, 0.25) is 0 Å². The number of hydrogen-bond donors (Lipinski definition) is 1. The molecule has 2 aromatic carbocycles. The quantitative estimate of drug-likeness (QED) is 0.845. The Morgan fingerprint density at radius 3 is 2.21 bits per heavy atom. The number of nitrogens with two attached hydrogens (primary N) is 1. The number of nitrogen functional groups attached to an aromatic ring is 1. The van der Waals surface area contributed by atoms with E-state index in [0.29, 0.717) is 17.2 Å². The normalized spacial score (nSPS) is 10.3. The van der Waals surface area contributed by atoms with Crippen molar-refractivity contribution >= 4 is 5.69 Å². The summed E-state index contributed by atoms with van der Waals surface area (Å²) in [5.41, 5.74) is 9.96. The molecule has 0 saturated heterocycles. The van der Waals surface area contributed by atoms with E-state index in [1.807, 2.05) is 38.1 Å². The highest BCUT2D eigenvalue weighted by molar-refractivity contribution is 5.64. The van der Waals surface area contributed by atoms with Crippen LogP contribution in [0.3, 0.4) is 0 Å². The number of para-hydroxylation sites is 1. The topological polar surface area (TPSA) is 44.5 Å². The first-order valence-electron chi connectivity index (χ1n) is 6.21. The maximum Gasteiger partial charge on any atom is 0.154 e. The van der Waals surface area contributed by atoms with Crippen LogP contribution in [-0.2, 0) is 0 Å². The van der Waals surface area contributed by atoms with Crippen molar-refractivity contribution in [1.29, 1.82) is 0 Å². The Morgan fingerprint density at radius 1 is 0.895 bits per heavy atom. The summed E-state index contributed by atoms with van der Waals surface area (Å²) in [6.45, 7) is 6.14. The van der Waals surface area contributed by atoms with E-state index in [0.717, 1.165) is 16.9 Å². The van der Waals surface area contributed by atoms with Gasteiger partial charge in [-0.2, -0.15) is 0 Å². The first-order chi connectivity index (χ1) is 9.04. The smallest absolute Gasteiger partial charge is 0.154 e. The molecule has 2 aromatic rings. The molecular formula is C16H19NO2. The molecule has 0 unspecified atom stereocenters. The summed E-state index contributed by atoms with van der Waals surface area (Å²) in [5, 5.41) is 0. The van der Waals surface area contributed by atoms with Crippen molar-refractivity contribution in [2.45, 2.75) is 20.8 Å². The van der Waals surface area contributed by atoms with Crippen LogP contribution in [0, 0.1) is 20.8 Å². The lowest BCUT2D eigenvalue weighted by Gasteiger charge is -2.16. The Labute approximate surface area is 114 Å². The fourth-order valence-corrected chi connectivity index (χ4v) is 1.98. The predicted molar refractivity (Wildman–Crippen MR) is 78.1 cm³/mol. The predicted octanol–water partition coefficient (Wildman–Crippen LogP) is 3.99. The highest BCUT2D eigenvalue weighted by atomic mass is 16.5. The van der Waals surface area contributed by atoms with E-state index in [4.69, 9.17) is 15.2 Å². The van der Waals surface area contributed by atoms with Gasteiger partial charge in [0.15, 0.2) is 5.75 Å². The lowest BCUT2D eigenvalue weighted by atomic mass is 10.1. The summed E-state index contributed by atoms with van der Waals surface area (Å²) < 4.78 is 11.2. The molecule has 0 aromatic heterocycles. The largest absolute Gasteiger partial charge is 0.494 e. The van der Waals surface area contributed by atoms with Crippen molar-refractivity contribution in [3.63, 3.8) is 0 Å². The minimum Gasteiger partial charge on any atom is -0.494 e. The molecule has 3 heteroatoms. The Kier molecular flexibility index (Phi) is 3.65. The summed E-state index contributed by atoms with van der Waals surface area (Å²) >= 11 is 0. The number of aryl methyl sites for hydroxylation is 2. The van der Waals surface area contributed by atoms with Crippen LogP contribution in [-0.4, -0.2) is 7.11 Å². The van der Waals surface area contributed by atoms with Gasteiger partial charge in [-0.15, -0.1) is 0 Å². The molecule has 0 aliphatic carbocycles. The van der Waals surface area contributed by atoms with Crippen LogP contribution in [0.25, 0.3) is 0 Å². The van der Waals surface area contributed by atoms with Crippen molar-refractivity contribution in [2.75, 3.05) is 12.8 Å². The minimum atomic E-state index is 0.519. The second-order valence-electron chi connectivity index (χ2n) is 4.63. The van der Waals surface area contributed by atoms with E-state index in [-0.39, 0.29) is 0 Å². The standard InChI is InChI=1S/C16H19NO2/c1-10-8-9-11(2)16(12(10)3)19-14-7-5-6-13(18-4)15(14)17/h5-9H,17H2,1-4H3. The molecule has 0 heterocycles. The number of rotatable bonds is 3. The van der Waals surface area contributed by atoms with E-state index in [1.165, 1.54) is 5.56 Å². The maximum absolute atomic E-state index is 6.03. The van der Waals surface area contributed by atoms with Crippen molar-refractivity contribution in [3.8, 4) is 17.2 Å². The van der Waals surface area contributed by atoms with E-state index < -0.39 is 0 Å². The molecule has 19 heavy (non-hydrogen) atoms. The number of methoxy groups -OCH3 is 1. The number of anilines is 1. The summed E-state index contributed by atoms with van der Waals surface area (Å²) in [5.74, 6) is 2.11. The van der Waals surface area contributed by atoms with Gasteiger partial charge in [0.05, 0.1) is 7.11 Å². The van der Waals surface area contributed by atoms with Gasteiger partial charge in [-0.1, -0.05) is 18.2 Å². The Bertz CT molecular complexity index is 606. The van der Waals surface area contributed by atoms with E-state index >= 15 is 0 Å². The van der Waals surface area contributed by atoms with Gasteiger partial charge in [0.25, 0.3) is 0 Å². The molecule has 2 N–H and O–H groups in total. The minimum absolute atomic E-state index is 0.519. The van der Waals surface area contributed by atoms with Crippen LogP contribution >= 0.6 is 0 Å². The van der Waals surface area contributed by atoms with Crippen LogP contribution in [0.1, 0.15) is 16.7 Å². The lowest BCUT2D eigenvalue weighted by Crippen LogP contribution is -1.98. The van der Waals surface area contributed by atoms with Gasteiger partial charge < -0.3 is 15.2 Å². The SMILES string of the molecule is COc1cccc(Oc2c(C)ccc(C)c2C)c1N. The van der Waals surface area contributed by atoms with Crippen LogP contribution in [0.2, 0.25) is 0 Å². The molecule has 0 radical (unpaired) electrons. The fourth-order valence-electron chi connectivity index (χ4n) is 1.98. The van der Waals surface area contributed by atoms with Crippen molar-refractivity contribution < 1.29 is 9.47 Å². The number of hydrogen-bond acceptors (Lipinski definition) is 3.